The molecule has 0 saturated heterocycles. The Morgan fingerprint density at radius 1 is 1.00 bits per heavy atom. The van der Waals surface area contributed by atoms with Gasteiger partial charge in [-0.25, -0.2) is 4.79 Å². The maximum atomic E-state index is 13.4. The fourth-order valence-corrected chi connectivity index (χ4v) is 3.92. The number of rotatable bonds is 6. The smallest absolute Gasteiger partial charge is 0.335 e. The van der Waals surface area contributed by atoms with Crippen LogP contribution < -0.4 is 5.01 Å². The van der Waals surface area contributed by atoms with Gasteiger partial charge in [0.2, 0.25) is 5.41 Å². The molecule has 158 valence electrons. The number of hydrogen-bond acceptors (Lipinski definition) is 5. The van der Waals surface area contributed by atoms with Crippen molar-refractivity contribution in [1.82, 2.24) is 0 Å². The number of carbonyl (C=O) groups excluding carboxylic acids is 1. The quantitative estimate of drug-likeness (QED) is 0.501. The van der Waals surface area contributed by atoms with Crippen LogP contribution in [0, 0.1) is 16.7 Å². The normalized spacial score (nSPS) is 20.1. The van der Waals surface area contributed by atoms with Gasteiger partial charge in [-0.05, 0) is 36.3 Å². The van der Waals surface area contributed by atoms with E-state index in [1.165, 1.54) is 0 Å². The van der Waals surface area contributed by atoms with Gasteiger partial charge in [-0.1, -0.05) is 84.9 Å². The molecule has 1 aliphatic heterocycles. The fraction of sp³-hybridized carbons (Fsp3) is 0.148. The average molecular weight is 422 g/mol. The van der Waals surface area contributed by atoms with E-state index in [1.807, 2.05) is 97.1 Å². The molecular weight excluding hydrogens is 398 g/mol. The lowest BCUT2D eigenvalue weighted by molar-refractivity contribution is -0.149. The number of esters is 1. The van der Waals surface area contributed by atoms with Crippen molar-refractivity contribution >= 4 is 23.4 Å². The van der Waals surface area contributed by atoms with Crippen molar-refractivity contribution in [2.75, 3.05) is 11.6 Å². The van der Waals surface area contributed by atoms with Crippen LogP contribution >= 0.6 is 0 Å². The van der Waals surface area contributed by atoms with Crippen LogP contribution in [0.4, 0.5) is 5.69 Å². The topological polar surface area (TPSA) is 65.7 Å². The van der Waals surface area contributed by atoms with Gasteiger partial charge in [0.1, 0.15) is 6.04 Å². The van der Waals surface area contributed by atoms with E-state index < -0.39 is 17.4 Å². The molecule has 2 atom stereocenters. The molecule has 0 aliphatic carbocycles. The van der Waals surface area contributed by atoms with Crippen LogP contribution in [0.5, 0.6) is 0 Å². The first-order valence-corrected chi connectivity index (χ1v) is 10.5. The van der Waals surface area contributed by atoms with E-state index in [0.29, 0.717) is 5.71 Å². The molecule has 0 amide bonds. The second-order valence-electron chi connectivity index (χ2n) is 7.36. The number of hydrazone groups is 1. The first-order chi connectivity index (χ1) is 15.7. The molecule has 1 heterocycles. The van der Waals surface area contributed by atoms with Gasteiger partial charge in [0.15, 0.2) is 0 Å². The molecule has 0 bridgehead atoms. The maximum absolute atomic E-state index is 13.4. The standard InChI is InChI=1S/C27H23N3O2/c1-2-32-26(31)27(20-28)24(19-18-21-12-6-3-7-13-21)29-30(23-16-10-5-11-17-23)25(27)22-14-8-4-9-15-22/h3-19,25H,2H2,1H3/b19-18-/t25-,27+/m0/s1. The summed E-state index contributed by atoms with van der Waals surface area (Å²) < 4.78 is 5.44. The molecule has 3 aromatic carbocycles. The van der Waals surface area contributed by atoms with Crippen molar-refractivity contribution in [1.29, 1.82) is 5.26 Å². The average Bonchev–Trinajstić information content (AvgIpc) is 3.20. The lowest BCUT2D eigenvalue weighted by Gasteiger charge is -2.32. The van der Waals surface area contributed by atoms with E-state index in [0.717, 1.165) is 16.8 Å². The SMILES string of the molecule is CCOC(=O)[C@]1(C#N)C(/C=C\c2ccccc2)=NN(c2ccccc2)[C@H]1c1ccccc1. The van der Waals surface area contributed by atoms with E-state index in [2.05, 4.69) is 6.07 Å². The predicted molar refractivity (Wildman–Crippen MR) is 126 cm³/mol. The molecule has 0 fully saturated rings. The summed E-state index contributed by atoms with van der Waals surface area (Å²) in [5, 5.41) is 17.0. The Kier molecular flexibility index (Phi) is 6.14. The third-order valence-electron chi connectivity index (χ3n) is 5.42. The van der Waals surface area contributed by atoms with Crippen molar-refractivity contribution in [3.05, 3.63) is 108 Å². The molecule has 5 nitrogen and oxygen atoms in total. The number of allylic oxidation sites excluding steroid dienone is 1. The first-order valence-electron chi connectivity index (χ1n) is 10.5. The van der Waals surface area contributed by atoms with Gasteiger partial charge in [0.05, 0.1) is 24.1 Å². The number of para-hydroxylation sites is 1. The molecule has 0 radical (unpaired) electrons. The molecule has 4 rings (SSSR count). The molecule has 0 unspecified atom stereocenters. The molecule has 3 aromatic rings. The molecule has 0 spiro atoms. The van der Waals surface area contributed by atoms with Gasteiger partial charge in [0, 0.05) is 0 Å². The third-order valence-corrected chi connectivity index (χ3v) is 5.42. The zero-order valence-corrected chi connectivity index (χ0v) is 17.8. The Morgan fingerprint density at radius 3 is 2.19 bits per heavy atom. The van der Waals surface area contributed by atoms with Gasteiger partial charge >= 0.3 is 5.97 Å². The Balaban J connectivity index is 1.91. The lowest BCUT2D eigenvalue weighted by Crippen LogP contribution is -2.44. The number of hydrogen-bond donors (Lipinski definition) is 0. The minimum atomic E-state index is -1.63. The summed E-state index contributed by atoms with van der Waals surface area (Å²) in [5.41, 5.74) is 1.25. The van der Waals surface area contributed by atoms with Gasteiger partial charge in [-0.2, -0.15) is 10.4 Å². The molecule has 0 saturated carbocycles. The Morgan fingerprint density at radius 2 is 1.59 bits per heavy atom. The Hall–Kier alpha value is -4.17. The van der Waals surface area contributed by atoms with E-state index in [-0.39, 0.29) is 6.61 Å². The lowest BCUT2D eigenvalue weighted by atomic mass is 9.74. The Bertz CT molecular complexity index is 1170. The van der Waals surface area contributed by atoms with E-state index in [1.54, 1.807) is 18.0 Å². The Labute approximate surface area is 187 Å². The van der Waals surface area contributed by atoms with Crippen molar-refractivity contribution in [3.63, 3.8) is 0 Å². The molecule has 32 heavy (non-hydrogen) atoms. The van der Waals surface area contributed by atoms with E-state index in [9.17, 15) is 10.1 Å². The van der Waals surface area contributed by atoms with Crippen LogP contribution in [-0.2, 0) is 9.53 Å². The van der Waals surface area contributed by atoms with Crippen molar-refractivity contribution in [2.45, 2.75) is 13.0 Å². The van der Waals surface area contributed by atoms with Crippen molar-refractivity contribution in [3.8, 4) is 6.07 Å². The van der Waals surface area contributed by atoms with Crippen LogP contribution in [-0.4, -0.2) is 18.3 Å². The summed E-state index contributed by atoms with van der Waals surface area (Å²) in [6, 6.07) is 30.4. The highest BCUT2D eigenvalue weighted by atomic mass is 16.5. The predicted octanol–water partition coefficient (Wildman–Crippen LogP) is 5.39. The number of anilines is 1. The summed E-state index contributed by atoms with van der Waals surface area (Å²) in [6.07, 6.45) is 3.61. The summed E-state index contributed by atoms with van der Waals surface area (Å²) >= 11 is 0. The van der Waals surface area contributed by atoms with Crippen molar-refractivity contribution in [2.24, 2.45) is 10.5 Å². The minimum absolute atomic E-state index is 0.171. The minimum Gasteiger partial charge on any atom is -0.464 e. The number of nitrogens with zero attached hydrogens (tertiary/aromatic N) is 3. The van der Waals surface area contributed by atoms with E-state index >= 15 is 0 Å². The fourth-order valence-electron chi connectivity index (χ4n) is 3.92. The van der Waals surface area contributed by atoms with Crippen LogP contribution in [0.25, 0.3) is 6.08 Å². The number of nitriles is 1. The van der Waals surface area contributed by atoms with Gasteiger partial charge in [-0.15, -0.1) is 0 Å². The summed E-state index contributed by atoms with van der Waals surface area (Å²) in [6.45, 7) is 1.91. The van der Waals surface area contributed by atoms with Crippen LogP contribution in [0.3, 0.4) is 0 Å². The molecule has 1 aliphatic rings. The second kappa shape index (κ2) is 9.32. The van der Waals surface area contributed by atoms with Crippen molar-refractivity contribution < 1.29 is 9.53 Å². The van der Waals surface area contributed by atoms with Gasteiger partial charge < -0.3 is 4.74 Å². The van der Waals surface area contributed by atoms with Crippen LogP contribution in [0.1, 0.15) is 24.1 Å². The summed E-state index contributed by atoms with van der Waals surface area (Å²) in [7, 11) is 0. The highest BCUT2D eigenvalue weighted by Gasteiger charge is 2.59. The molecule has 5 heteroatoms. The van der Waals surface area contributed by atoms with E-state index in [4.69, 9.17) is 9.84 Å². The molecule has 0 aromatic heterocycles. The maximum Gasteiger partial charge on any atom is 0.335 e. The summed E-state index contributed by atoms with van der Waals surface area (Å²) in [5.74, 6) is -0.605. The molecule has 0 N–H and O–H groups in total. The number of ether oxygens (including phenoxy) is 1. The third kappa shape index (κ3) is 3.79. The first kappa shape index (κ1) is 21.1. The highest BCUT2D eigenvalue weighted by molar-refractivity contribution is 6.19. The highest BCUT2D eigenvalue weighted by Crippen LogP contribution is 2.48. The zero-order chi connectivity index (χ0) is 22.4. The monoisotopic (exact) mass is 421 g/mol. The van der Waals surface area contributed by atoms with Crippen LogP contribution in [0.2, 0.25) is 0 Å². The largest absolute Gasteiger partial charge is 0.464 e. The van der Waals surface area contributed by atoms with Crippen LogP contribution in [0.15, 0.2) is 102 Å². The second-order valence-corrected chi connectivity index (χ2v) is 7.36. The van der Waals surface area contributed by atoms with Gasteiger partial charge in [-0.3, -0.25) is 5.01 Å². The number of benzene rings is 3. The number of carbonyl (C=O) groups is 1. The molecular formula is C27H23N3O2. The summed E-state index contributed by atoms with van der Waals surface area (Å²) in [4.78, 5) is 13.4. The van der Waals surface area contributed by atoms with Gasteiger partial charge in [0.25, 0.3) is 0 Å². The zero-order valence-electron chi connectivity index (χ0n) is 17.8.